The summed E-state index contributed by atoms with van der Waals surface area (Å²) in [6.07, 6.45) is 0.377. The number of phosphoric ester groups is 1. The van der Waals surface area contributed by atoms with Crippen molar-refractivity contribution >= 4 is 24.7 Å². The van der Waals surface area contributed by atoms with Gasteiger partial charge in [-0.15, -0.1) is 0 Å². The number of nitrogens with one attached hydrogen (secondary N) is 2. The molecule has 3 rings (SSSR count). The Morgan fingerprint density at radius 1 is 1.30 bits per heavy atom. The number of hydrogen-bond acceptors (Lipinski definition) is 8. The molecule has 0 spiro atoms. The quantitative estimate of drug-likeness (QED) is 0.317. The van der Waals surface area contributed by atoms with Crippen LogP contribution in [0.4, 0.5) is 5.82 Å². The Kier molecular flexibility index (Phi) is 4.10. The molecule has 8 N–H and O–H groups in total. The van der Waals surface area contributed by atoms with E-state index in [0.717, 1.165) is 0 Å². The van der Waals surface area contributed by atoms with E-state index in [0.29, 0.717) is 16.6 Å². The Bertz CT molecular complexity index is 762. The molecule has 0 radical (unpaired) electrons. The molecule has 4 atom stereocenters. The van der Waals surface area contributed by atoms with Gasteiger partial charge in [0.05, 0.1) is 30.3 Å². The molecule has 2 aromatic rings. The summed E-state index contributed by atoms with van der Waals surface area (Å²) < 4.78 is 15.1. The van der Waals surface area contributed by atoms with Crippen LogP contribution >= 0.6 is 7.82 Å². The maximum Gasteiger partial charge on any atom is 0.469 e. The number of anilines is 1. The number of fused-ring (bicyclic) bond motifs is 1. The number of rotatable bonds is 4. The van der Waals surface area contributed by atoms with E-state index in [9.17, 15) is 14.8 Å². The largest absolute Gasteiger partial charge is 0.469 e. The zero-order valence-electron chi connectivity index (χ0n) is 11.7. The Hall–Kier alpha value is -1.59. The van der Waals surface area contributed by atoms with Crippen LogP contribution in [0.25, 0.3) is 11.0 Å². The molecule has 1 saturated heterocycles. The lowest BCUT2D eigenvalue weighted by atomic mass is 10.0. The third kappa shape index (κ3) is 3.08. The van der Waals surface area contributed by atoms with Crippen LogP contribution in [0.15, 0.2) is 12.5 Å². The van der Waals surface area contributed by atoms with Crippen molar-refractivity contribution in [3.05, 3.63) is 18.1 Å². The van der Waals surface area contributed by atoms with Crippen molar-refractivity contribution in [3.63, 3.8) is 0 Å². The minimum Gasteiger partial charge on any atom is -0.389 e. The number of aliphatic hydroxyl groups is 2. The molecule has 1 aliphatic heterocycles. The minimum atomic E-state index is -4.67. The average Bonchev–Trinajstić information content (AvgIpc) is 3.01. The molecular weight excluding hydrogens is 329 g/mol. The minimum absolute atomic E-state index is 0.246. The molecule has 1 fully saturated rings. The van der Waals surface area contributed by atoms with Crippen molar-refractivity contribution in [2.24, 2.45) is 0 Å². The first-order valence-corrected chi connectivity index (χ1v) is 8.20. The van der Waals surface area contributed by atoms with E-state index < -0.39 is 38.7 Å². The molecule has 0 amide bonds. The summed E-state index contributed by atoms with van der Waals surface area (Å²) >= 11 is 0. The first kappa shape index (κ1) is 16.3. The van der Waals surface area contributed by atoms with E-state index in [2.05, 4.69) is 24.8 Å². The Morgan fingerprint density at radius 2 is 2.04 bits per heavy atom. The second-order valence-corrected chi connectivity index (χ2v) is 6.48. The van der Waals surface area contributed by atoms with E-state index >= 15 is 0 Å². The smallest absolute Gasteiger partial charge is 0.389 e. The molecule has 0 unspecified atom stereocenters. The van der Waals surface area contributed by atoms with Gasteiger partial charge in [0.25, 0.3) is 0 Å². The normalized spacial score (nSPS) is 28.5. The molecule has 12 heteroatoms. The molecule has 0 aromatic carbocycles. The zero-order valence-corrected chi connectivity index (χ0v) is 12.6. The molecule has 2 aromatic heterocycles. The Balaban J connectivity index is 1.85. The highest BCUT2D eigenvalue weighted by Gasteiger charge is 2.43. The van der Waals surface area contributed by atoms with Crippen molar-refractivity contribution in [2.45, 2.75) is 24.3 Å². The van der Waals surface area contributed by atoms with E-state index in [1.807, 2.05) is 0 Å². The van der Waals surface area contributed by atoms with Gasteiger partial charge in [-0.1, -0.05) is 0 Å². The van der Waals surface area contributed by atoms with Crippen molar-refractivity contribution in [1.29, 1.82) is 0 Å². The summed E-state index contributed by atoms with van der Waals surface area (Å²) in [7, 11) is -4.67. The molecule has 3 heterocycles. The van der Waals surface area contributed by atoms with Crippen molar-refractivity contribution < 1.29 is 29.1 Å². The topological polar surface area (TPSA) is 187 Å². The van der Waals surface area contributed by atoms with Gasteiger partial charge < -0.3 is 36.0 Å². The number of nitrogens with zero attached hydrogens (tertiary/aromatic N) is 2. The fraction of sp³-hybridized carbons (Fsp3) is 0.455. The molecule has 23 heavy (non-hydrogen) atoms. The lowest BCUT2D eigenvalue weighted by Gasteiger charge is -2.15. The van der Waals surface area contributed by atoms with Crippen LogP contribution in [0.1, 0.15) is 11.6 Å². The molecule has 0 saturated carbocycles. The van der Waals surface area contributed by atoms with Crippen molar-refractivity contribution in [3.8, 4) is 0 Å². The number of aromatic amines is 1. The second kappa shape index (κ2) is 5.80. The molecule has 0 aliphatic carbocycles. The monoisotopic (exact) mass is 345 g/mol. The number of nitrogens with two attached hydrogens (primary N) is 1. The third-order valence-corrected chi connectivity index (χ3v) is 4.26. The van der Waals surface area contributed by atoms with Crippen LogP contribution in [-0.4, -0.2) is 59.8 Å². The highest BCUT2D eigenvalue weighted by Crippen LogP contribution is 2.38. The number of aromatic nitrogens is 3. The zero-order chi connectivity index (χ0) is 16.8. The first-order chi connectivity index (χ1) is 10.8. The lowest BCUT2D eigenvalue weighted by molar-refractivity contribution is 0.0192. The van der Waals surface area contributed by atoms with E-state index in [1.54, 1.807) is 6.20 Å². The number of phosphoric acid groups is 1. The lowest BCUT2D eigenvalue weighted by Crippen LogP contribution is -2.36. The number of aliphatic hydroxyl groups excluding tert-OH is 2. The summed E-state index contributed by atoms with van der Waals surface area (Å²) in [5.41, 5.74) is 7.27. The average molecular weight is 345 g/mol. The molecule has 11 nitrogen and oxygen atoms in total. The van der Waals surface area contributed by atoms with Gasteiger partial charge in [-0.3, -0.25) is 4.52 Å². The molecular formula is C11H16N5O6P. The summed E-state index contributed by atoms with van der Waals surface area (Å²) in [4.78, 5) is 28.3. The maximum atomic E-state index is 10.8. The van der Waals surface area contributed by atoms with Crippen LogP contribution in [0.3, 0.4) is 0 Å². The summed E-state index contributed by atoms with van der Waals surface area (Å²) in [6, 6.07) is -1.56. The van der Waals surface area contributed by atoms with E-state index in [1.165, 1.54) is 6.33 Å². The predicted octanol–water partition coefficient (Wildman–Crippen LogP) is -1.62. The summed E-state index contributed by atoms with van der Waals surface area (Å²) in [6.45, 7) is -0.460. The standard InChI is InChI=1S/C11H16N5O6P/c12-11-8-6(14-3-15-11)4(1-13-8)7-10(18)9(17)5(16-7)2-22-23(19,20)21/h1,3,5,7,9-10,13,16-18H,2H2,(H2,12,14,15)(H2,19,20,21)/t5-,7+,9-,10+/m1/s1. The molecule has 1 aliphatic rings. The van der Waals surface area contributed by atoms with Gasteiger partial charge in [0.1, 0.15) is 17.9 Å². The molecule has 0 bridgehead atoms. The van der Waals surface area contributed by atoms with Gasteiger partial charge >= 0.3 is 7.82 Å². The Labute approximate surface area is 129 Å². The van der Waals surface area contributed by atoms with Gasteiger partial charge in [0.15, 0.2) is 5.82 Å². The van der Waals surface area contributed by atoms with Crippen molar-refractivity contribution in [2.75, 3.05) is 12.3 Å². The molecule has 126 valence electrons. The third-order valence-electron chi connectivity index (χ3n) is 3.78. The van der Waals surface area contributed by atoms with Gasteiger partial charge in [0.2, 0.25) is 0 Å². The fourth-order valence-electron chi connectivity index (χ4n) is 2.68. The van der Waals surface area contributed by atoms with E-state index in [-0.39, 0.29) is 5.82 Å². The number of nitrogen functional groups attached to an aromatic ring is 1. The van der Waals surface area contributed by atoms with Gasteiger partial charge in [-0.25, -0.2) is 14.5 Å². The SMILES string of the molecule is Nc1ncnc2c([C@@H]3N[C@H](COP(=O)(O)O)[C@@H](O)[C@H]3O)c[nH]c12. The highest BCUT2D eigenvalue weighted by atomic mass is 31.2. The fourth-order valence-corrected chi connectivity index (χ4v) is 3.03. The highest BCUT2D eigenvalue weighted by molar-refractivity contribution is 7.46. The number of H-pyrrole nitrogens is 1. The van der Waals surface area contributed by atoms with Crippen molar-refractivity contribution in [1.82, 2.24) is 20.3 Å². The summed E-state index contributed by atoms with van der Waals surface area (Å²) in [5.74, 6) is 0.246. The van der Waals surface area contributed by atoms with Crippen LogP contribution < -0.4 is 11.1 Å². The van der Waals surface area contributed by atoms with Gasteiger partial charge in [-0.05, 0) is 0 Å². The van der Waals surface area contributed by atoms with Gasteiger partial charge in [-0.2, -0.15) is 0 Å². The van der Waals surface area contributed by atoms with Gasteiger partial charge in [0, 0.05) is 11.8 Å². The van der Waals surface area contributed by atoms with Crippen LogP contribution in [0, 0.1) is 0 Å². The van der Waals surface area contributed by atoms with Crippen LogP contribution in [-0.2, 0) is 9.09 Å². The van der Waals surface area contributed by atoms with Crippen LogP contribution in [0.2, 0.25) is 0 Å². The number of hydrogen-bond donors (Lipinski definition) is 7. The van der Waals surface area contributed by atoms with Crippen LogP contribution in [0.5, 0.6) is 0 Å². The second-order valence-electron chi connectivity index (χ2n) is 5.24. The predicted molar refractivity (Wildman–Crippen MR) is 78.0 cm³/mol. The van der Waals surface area contributed by atoms with E-state index in [4.69, 9.17) is 15.5 Å². The first-order valence-electron chi connectivity index (χ1n) is 6.67. The Morgan fingerprint density at radius 3 is 2.74 bits per heavy atom. The summed E-state index contributed by atoms with van der Waals surface area (Å²) in [5, 5.41) is 23.1. The maximum absolute atomic E-state index is 10.8.